The van der Waals surface area contributed by atoms with Crippen LogP contribution in [-0.2, 0) is 6.42 Å². The third-order valence-corrected chi connectivity index (χ3v) is 4.08. The van der Waals surface area contributed by atoms with Gasteiger partial charge in [0.25, 0.3) is 0 Å². The van der Waals surface area contributed by atoms with E-state index in [9.17, 15) is 5.11 Å². The summed E-state index contributed by atoms with van der Waals surface area (Å²) in [4.78, 5) is 6.93. The molecule has 3 nitrogen and oxygen atoms in total. The summed E-state index contributed by atoms with van der Waals surface area (Å²) in [6.07, 6.45) is 2.32. The summed E-state index contributed by atoms with van der Waals surface area (Å²) < 4.78 is 0. The molecule has 0 aliphatic carbocycles. The molecule has 0 amide bonds. The molecule has 1 aliphatic heterocycles. The minimum atomic E-state index is -0.581. The SMILES string of the molecule is CN1CCC(O)(Cc2ccc3ccccc3n2)CC1. The van der Waals surface area contributed by atoms with Crippen LogP contribution in [0.3, 0.4) is 0 Å². The Hall–Kier alpha value is -1.45. The molecule has 1 N–H and O–H groups in total. The fourth-order valence-corrected chi connectivity index (χ4v) is 2.76. The number of pyridine rings is 1. The Bertz CT molecular complexity index is 574. The molecule has 0 atom stereocenters. The number of aliphatic hydroxyl groups is 1. The molecule has 1 aliphatic rings. The Morgan fingerprint density at radius 3 is 2.68 bits per heavy atom. The fourth-order valence-electron chi connectivity index (χ4n) is 2.76. The molecule has 3 rings (SSSR count). The first-order chi connectivity index (χ1) is 9.15. The zero-order valence-electron chi connectivity index (χ0n) is 11.3. The predicted octanol–water partition coefficient (Wildman–Crippen LogP) is 2.23. The molecule has 1 saturated heterocycles. The summed E-state index contributed by atoms with van der Waals surface area (Å²) in [5.74, 6) is 0. The first-order valence-electron chi connectivity index (χ1n) is 6.90. The number of aromatic nitrogens is 1. The Labute approximate surface area is 113 Å². The predicted molar refractivity (Wildman–Crippen MR) is 77.1 cm³/mol. The van der Waals surface area contributed by atoms with Gasteiger partial charge in [0.1, 0.15) is 0 Å². The van der Waals surface area contributed by atoms with Gasteiger partial charge in [0, 0.05) is 30.6 Å². The van der Waals surface area contributed by atoms with Gasteiger partial charge in [-0.05, 0) is 32.0 Å². The number of hydrogen-bond donors (Lipinski definition) is 1. The van der Waals surface area contributed by atoms with Crippen molar-refractivity contribution in [3.63, 3.8) is 0 Å². The second-order valence-electron chi connectivity index (χ2n) is 5.70. The number of para-hydroxylation sites is 1. The van der Waals surface area contributed by atoms with E-state index in [2.05, 4.69) is 29.1 Å². The van der Waals surface area contributed by atoms with Gasteiger partial charge in [-0.1, -0.05) is 24.3 Å². The summed E-state index contributed by atoms with van der Waals surface area (Å²) in [6, 6.07) is 12.3. The quantitative estimate of drug-likeness (QED) is 0.895. The molecule has 0 unspecified atom stereocenters. The highest BCUT2D eigenvalue weighted by Gasteiger charge is 2.31. The van der Waals surface area contributed by atoms with Crippen molar-refractivity contribution >= 4 is 10.9 Å². The molecule has 3 heteroatoms. The Morgan fingerprint density at radius 1 is 1.16 bits per heavy atom. The highest BCUT2D eigenvalue weighted by molar-refractivity contribution is 5.78. The van der Waals surface area contributed by atoms with Gasteiger partial charge in [-0.15, -0.1) is 0 Å². The lowest BCUT2D eigenvalue weighted by Gasteiger charge is -2.36. The summed E-state index contributed by atoms with van der Waals surface area (Å²) in [6.45, 7) is 1.92. The zero-order chi connectivity index (χ0) is 13.3. The number of piperidine rings is 1. The van der Waals surface area contributed by atoms with Crippen molar-refractivity contribution < 1.29 is 5.11 Å². The molecule has 0 bridgehead atoms. The van der Waals surface area contributed by atoms with E-state index in [0.29, 0.717) is 6.42 Å². The van der Waals surface area contributed by atoms with Crippen molar-refractivity contribution in [2.45, 2.75) is 24.9 Å². The number of nitrogens with zero attached hydrogens (tertiary/aromatic N) is 2. The molecule has 2 aromatic rings. The van der Waals surface area contributed by atoms with Crippen molar-refractivity contribution in [2.24, 2.45) is 0 Å². The first kappa shape index (κ1) is 12.6. The van der Waals surface area contributed by atoms with E-state index in [1.54, 1.807) is 0 Å². The average molecular weight is 256 g/mol. The van der Waals surface area contributed by atoms with Gasteiger partial charge in [-0.3, -0.25) is 4.98 Å². The van der Waals surface area contributed by atoms with Crippen LogP contribution in [0.4, 0.5) is 0 Å². The first-order valence-corrected chi connectivity index (χ1v) is 6.90. The van der Waals surface area contributed by atoms with Crippen LogP contribution in [-0.4, -0.2) is 40.7 Å². The standard InChI is InChI=1S/C16H20N2O/c1-18-10-8-16(19,9-11-18)12-14-7-6-13-4-2-3-5-15(13)17-14/h2-7,19H,8-12H2,1H3. The highest BCUT2D eigenvalue weighted by Crippen LogP contribution is 2.25. The lowest BCUT2D eigenvalue weighted by Crippen LogP contribution is -2.44. The van der Waals surface area contributed by atoms with E-state index in [-0.39, 0.29) is 0 Å². The smallest absolute Gasteiger partial charge is 0.0727 e. The lowest BCUT2D eigenvalue weighted by atomic mass is 9.87. The number of benzene rings is 1. The summed E-state index contributed by atoms with van der Waals surface area (Å²) >= 11 is 0. The van der Waals surface area contributed by atoms with Crippen molar-refractivity contribution in [3.8, 4) is 0 Å². The molecule has 19 heavy (non-hydrogen) atoms. The van der Waals surface area contributed by atoms with Crippen LogP contribution in [0.25, 0.3) is 10.9 Å². The fraction of sp³-hybridized carbons (Fsp3) is 0.438. The lowest BCUT2D eigenvalue weighted by molar-refractivity contribution is -0.0156. The second kappa shape index (κ2) is 4.91. The maximum atomic E-state index is 10.6. The molecule has 1 aromatic carbocycles. The molecular weight excluding hydrogens is 236 g/mol. The molecular formula is C16H20N2O. The van der Waals surface area contributed by atoms with Gasteiger partial charge in [0.05, 0.1) is 11.1 Å². The van der Waals surface area contributed by atoms with Crippen LogP contribution in [0.5, 0.6) is 0 Å². The van der Waals surface area contributed by atoms with Crippen LogP contribution >= 0.6 is 0 Å². The van der Waals surface area contributed by atoms with E-state index >= 15 is 0 Å². The Kier molecular flexibility index (Phi) is 3.25. The van der Waals surface area contributed by atoms with Gasteiger partial charge in [-0.2, -0.15) is 0 Å². The van der Waals surface area contributed by atoms with Crippen LogP contribution in [0.2, 0.25) is 0 Å². The Morgan fingerprint density at radius 2 is 1.89 bits per heavy atom. The van der Waals surface area contributed by atoms with Crippen molar-refractivity contribution in [3.05, 3.63) is 42.1 Å². The number of rotatable bonds is 2. The third-order valence-electron chi connectivity index (χ3n) is 4.08. The minimum Gasteiger partial charge on any atom is -0.389 e. The Balaban J connectivity index is 1.81. The highest BCUT2D eigenvalue weighted by atomic mass is 16.3. The van der Waals surface area contributed by atoms with Crippen molar-refractivity contribution in [1.29, 1.82) is 0 Å². The maximum absolute atomic E-state index is 10.6. The maximum Gasteiger partial charge on any atom is 0.0727 e. The van der Waals surface area contributed by atoms with Gasteiger partial charge >= 0.3 is 0 Å². The van der Waals surface area contributed by atoms with Crippen LogP contribution in [0, 0.1) is 0 Å². The average Bonchev–Trinajstić information content (AvgIpc) is 2.42. The second-order valence-corrected chi connectivity index (χ2v) is 5.70. The minimum absolute atomic E-state index is 0.581. The van der Waals surface area contributed by atoms with Gasteiger partial charge in [-0.25, -0.2) is 0 Å². The van der Waals surface area contributed by atoms with Crippen LogP contribution in [0.1, 0.15) is 18.5 Å². The van der Waals surface area contributed by atoms with Crippen LogP contribution in [0.15, 0.2) is 36.4 Å². The monoisotopic (exact) mass is 256 g/mol. The molecule has 1 fully saturated rings. The van der Waals surface area contributed by atoms with E-state index < -0.39 is 5.60 Å². The van der Waals surface area contributed by atoms with E-state index in [0.717, 1.165) is 42.5 Å². The van der Waals surface area contributed by atoms with Gasteiger partial charge in [0.15, 0.2) is 0 Å². The summed E-state index contributed by atoms with van der Waals surface area (Å²) in [5.41, 5.74) is 1.42. The normalized spacial score (nSPS) is 19.7. The molecule has 0 radical (unpaired) electrons. The molecule has 0 spiro atoms. The molecule has 0 saturated carbocycles. The third kappa shape index (κ3) is 2.77. The van der Waals surface area contributed by atoms with E-state index in [1.807, 2.05) is 24.3 Å². The molecule has 1 aromatic heterocycles. The summed E-state index contributed by atoms with van der Waals surface area (Å²) in [5, 5.41) is 11.8. The number of fused-ring (bicyclic) bond motifs is 1. The van der Waals surface area contributed by atoms with E-state index in [1.165, 1.54) is 0 Å². The topological polar surface area (TPSA) is 36.4 Å². The van der Waals surface area contributed by atoms with Crippen molar-refractivity contribution in [1.82, 2.24) is 9.88 Å². The molecule has 2 heterocycles. The van der Waals surface area contributed by atoms with E-state index in [4.69, 9.17) is 0 Å². The largest absolute Gasteiger partial charge is 0.389 e. The summed E-state index contributed by atoms with van der Waals surface area (Å²) in [7, 11) is 2.11. The zero-order valence-corrected chi connectivity index (χ0v) is 11.3. The molecule has 100 valence electrons. The van der Waals surface area contributed by atoms with Gasteiger partial charge < -0.3 is 10.0 Å². The van der Waals surface area contributed by atoms with Crippen LogP contribution < -0.4 is 0 Å². The van der Waals surface area contributed by atoms with Gasteiger partial charge in [0.2, 0.25) is 0 Å². The number of likely N-dealkylation sites (tertiary alicyclic amines) is 1. The van der Waals surface area contributed by atoms with Crippen molar-refractivity contribution in [2.75, 3.05) is 20.1 Å². The number of hydrogen-bond acceptors (Lipinski definition) is 3.